The smallest absolute Gasteiger partial charge is 0.338 e. The Hall–Kier alpha value is -1.14. The molecule has 5 nitrogen and oxygen atoms in total. The minimum absolute atomic E-state index is 0.0810. The Morgan fingerprint density at radius 3 is 2.47 bits per heavy atom. The zero-order valence-corrected chi connectivity index (χ0v) is 12.3. The molecule has 0 bridgehead atoms. The summed E-state index contributed by atoms with van der Waals surface area (Å²) in [6.07, 6.45) is 1.90. The second-order valence-corrected chi connectivity index (χ2v) is 5.69. The summed E-state index contributed by atoms with van der Waals surface area (Å²) in [6.45, 7) is 5.88. The number of aryl methyl sites for hydroxylation is 1. The van der Waals surface area contributed by atoms with Gasteiger partial charge in [0.25, 0.3) is 0 Å². The summed E-state index contributed by atoms with van der Waals surface area (Å²) in [4.78, 5) is 11.5. The highest BCUT2D eigenvalue weighted by molar-refractivity contribution is 7.99. The van der Waals surface area contributed by atoms with Crippen LogP contribution in [0.15, 0.2) is 5.03 Å². The number of nitrogens with zero attached hydrogens (tertiary/aromatic N) is 2. The van der Waals surface area contributed by atoms with Crippen molar-refractivity contribution in [3.8, 4) is 0 Å². The van der Waals surface area contributed by atoms with Crippen LogP contribution in [0.4, 0.5) is 0 Å². The second-order valence-electron chi connectivity index (χ2n) is 4.26. The van der Waals surface area contributed by atoms with Crippen LogP contribution in [0.5, 0.6) is 0 Å². The third-order valence-electron chi connectivity index (χ3n) is 2.88. The van der Waals surface area contributed by atoms with Crippen LogP contribution in [0.3, 0.4) is 0 Å². The van der Waals surface area contributed by atoms with E-state index in [4.69, 9.17) is 5.11 Å². The van der Waals surface area contributed by atoms with Gasteiger partial charge in [-0.05, 0) is 24.8 Å². The molecule has 0 spiro atoms. The van der Waals surface area contributed by atoms with Crippen molar-refractivity contribution >= 4 is 17.7 Å². The Morgan fingerprint density at radius 2 is 2.00 bits per heavy atom. The van der Waals surface area contributed by atoms with Crippen LogP contribution < -0.4 is 0 Å². The van der Waals surface area contributed by atoms with E-state index >= 15 is 0 Å². The summed E-state index contributed by atoms with van der Waals surface area (Å²) in [6, 6.07) is 0. The van der Waals surface area contributed by atoms with Gasteiger partial charge in [-0.2, -0.15) is 5.10 Å². The lowest BCUT2D eigenvalue weighted by Crippen LogP contribution is -2.13. The number of hydrogen-bond acceptors (Lipinski definition) is 5. The molecule has 0 fully saturated rings. The number of carboxylic acid groups (broad SMARTS) is 1. The molecule has 19 heavy (non-hydrogen) atoms. The van der Waals surface area contributed by atoms with Crippen LogP contribution in [0, 0.1) is 0 Å². The van der Waals surface area contributed by atoms with Gasteiger partial charge in [0.1, 0.15) is 5.03 Å². The van der Waals surface area contributed by atoms with Gasteiger partial charge in [-0.25, -0.2) is 4.79 Å². The lowest BCUT2D eigenvalue weighted by Gasteiger charge is -2.14. The molecule has 0 aliphatic carbocycles. The van der Waals surface area contributed by atoms with E-state index in [1.165, 1.54) is 11.8 Å². The lowest BCUT2D eigenvalue weighted by molar-refractivity contribution is 0.0690. The Kier molecular flexibility index (Phi) is 6.24. The Morgan fingerprint density at radius 1 is 1.32 bits per heavy atom. The average molecular weight is 284 g/mol. The van der Waals surface area contributed by atoms with Crippen LogP contribution in [0.25, 0.3) is 0 Å². The molecule has 0 amide bonds. The van der Waals surface area contributed by atoms with Crippen molar-refractivity contribution in [1.82, 2.24) is 10.2 Å². The van der Waals surface area contributed by atoms with Crippen molar-refractivity contribution in [3.05, 3.63) is 16.8 Å². The molecule has 1 unspecified atom stereocenters. The SMILES string of the molecule is CCc1nnc(SC(C)CCO)c(C(=O)O)c1CC. The molecule has 0 aliphatic rings. The van der Waals surface area contributed by atoms with E-state index in [2.05, 4.69) is 10.2 Å². The molecule has 2 N–H and O–H groups in total. The largest absolute Gasteiger partial charge is 0.478 e. The molecule has 6 heteroatoms. The summed E-state index contributed by atoms with van der Waals surface area (Å²) in [5.41, 5.74) is 1.78. The fraction of sp³-hybridized carbons (Fsp3) is 0.615. The van der Waals surface area contributed by atoms with Crippen molar-refractivity contribution in [1.29, 1.82) is 0 Å². The number of aromatic carboxylic acids is 1. The lowest BCUT2D eigenvalue weighted by atomic mass is 10.0. The number of aliphatic hydroxyl groups excluding tert-OH is 1. The van der Waals surface area contributed by atoms with Gasteiger partial charge in [0.15, 0.2) is 0 Å². The molecule has 1 heterocycles. The first-order valence-electron chi connectivity index (χ1n) is 6.44. The number of aromatic nitrogens is 2. The molecule has 0 aromatic carbocycles. The van der Waals surface area contributed by atoms with E-state index in [-0.39, 0.29) is 17.4 Å². The number of hydrogen-bond donors (Lipinski definition) is 2. The van der Waals surface area contributed by atoms with Gasteiger partial charge in [0.2, 0.25) is 0 Å². The Labute approximate surface area is 117 Å². The highest BCUT2D eigenvalue weighted by Crippen LogP contribution is 2.29. The molecule has 0 saturated carbocycles. The predicted octanol–water partition coefficient (Wildman–Crippen LogP) is 2.16. The molecule has 106 valence electrons. The van der Waals surface area contributed by atoms with Crippen molar-refractivity contribution in [2.24, 2.45) is 0 Å². The second kappa shape index (κ2) is 7.45. The summed E-state index contributed by atoms with van der Waals surface area (Å²) in [5.74, 6) is -0.958. The van der Waals surface area contributed by atoms with Crippen LogP contribution >= 0.6 is 11.8 Å². The van der Waals surface area contributed by atoms with E-state index < -0.39 is 5.97 Å². The van der Waals surface area contributed by atoms with Gasteiger partial charge in [-0.1, -0.05) is 20.8 Å². The molecular formula is C13H20N2O3S. The number of carbonyl (C=O) groups is 1. The molecule has 1 rings (SSSR count). The zero-order valence-electron chi connectivity index (χ0n) is 11.5. The maximum absolute atomic E-state index is 11.5. The Bertz CT molecular complexity index is 452. The molecule has 0 saturated heterocycles. The minimum Gasteiger partial charge on any atom is -0.478 e. The van der Waals surface area contributed by atoms with E-state index in [0.717, 1.165) is 11.3 Å². The number of carboxylic acids is 1. The third-order valence-corrected chi connectivity index (χ3v) is 4.02. The first-order chi connectivity index (χ1) is 9.04. The van der Waals surface area contributed by atoms with Gasteiger partial charge in [0, 0.05) is 11.9 Å². The highest BCUT2D eigenvalue weighted by Gasteiger charge is 2.21. The first-order valence-corrected chi connectivity index (χ1v) is 7.32. The monoisotopic (exact) mass is 284 g/mol. The maximum Gasteiger partial charge on any atom is 0.338 e. The van der Waals surface area contributed by atoms with Crippen LogP contribution in [-0.4, -0.2) is 38.2 Å². The van der Waals surface area contributed by atoms with Gasteiger partial charge >= 0.3 is 5.97 Å². The van der Waals surface area contributed by atoms with E-state index in [1.807, 2.05) is 20.8 Å². The fourth-order valence-electron chi connectivity index (χ4n) is 1.89. The molecule has 0 radical (unpaired) electrons. The van der Waals surface area contributed by atoms with Crippen molar-refractivity contribution < 1.29 is 15.0 Å². The standard InChI is InChI=1S/C13H20N2O3S/c1-4-9-10(5-2)14-15-12(11(9)13(17)18)19-8(3)6-7-16/h8,16H,4-7H2,1-3H3,(H,17,18). The van der Waals surface area contributed by atoms with Crippen LogP contribution in [0.2, 0.25) is 0 Å². The van der Waals surface area contributed by atoms with E-state index in [0.29, 0.717) is 24.3 Å². The summed E-state index contributed by atoms with van der Waals surface area (Å²) in [7, 11) is 0. The molecular weight excluding hydrogens is 264 g/mol. The van der Waals surface area contributed by atoms with Crippen molar-refractivity contribution in [2.45, 2.75) is 50.3 Å². The van der Waals surface area contributed by atoms with Gasteiger partial charge in [-0.15, -0.1) is 16.9 Å². The van der Waals surface area contributed by atoms with Crippen LogP contribution in [-0.2, 0) is 12.8 Å². The molecule has 0 aliphatic heterocycles. The van der Waals surface area contributed by atoms with Gasteiger partial charge < -0.3 is 10.2 Å². The molecule has 1 atom stereocenters. The van der Waals surface area contributed by atoms with E-state index in [1.54, 1.807) is 0 Å². The number of aliphatic hydroxyl groups is 1. The zero-order chi connectivity index (χ0) is 14.4. The van der Waals surface area contributed by atoms with E-state index in [9.17, 15) is 9.90 Å². The first kappa shape index (κ1) is 15.9. The highest BCUT2D eigenvalue weighted by atomic mass is 32.2. The van der Waals surface area contributed by atoms with Gasteiger partial charge in [0.05, 0.1) is 11.3 Å². The van der Waals surface area contributed by atoms with Gasteiger partial charge in [-0.3, -0.25) is 0 Å². The summed E-state index contributed by atoms with van der Waals surface area (Å²) in [5, 5.41) is 27.1. The fourth-order valence-corrected chi connectivity index (χ4v) is 2.91. The minimum atomic E-state index is -0.958. The average Bonchev–Trinajstić information content (AvgIpc) is 2.37. The van der Waals surface area contributed by atoms with Crippen LogP contribution in [0.1, 0.15) is 48.8 Å². The predicted molar refractivity (Wildman–Crippen MR) is 74.8 cm³/mol. The third kappa shape index (κ3) is 3.91. The maximum atomic E-state index is 11.5. The molecule has 1 aromatic heterocycles. The Balaban J connectivity index is 3.20. The number of thioether (sulfide) groups is 1. The summed E-state index contributed by atoms with van der Waals surface area (Å²) >= 11 is 1.36. The topological polar surface area (TPSA) is 83.3 Å². The normalized spacial score (nSPS) is 12.4. The molecule has 1 aromatic rings. The quantitative estimate of drug-likeness (QED) is 0.747. The summed E-state index contributed by atoms with van der Waals surface area (Å²) < 4.78 is 0. The van der Waals surface area contributed by atoms with Crippen molar-refractivity contribution in [3.63, 3.8) is 0 Å². The van der Waals surface area contributed by atoms with Crippen molar-refractivity contribution in [2.75, 3.05) is 6.61 Å². The number of rotatable bonds is 7.